The van der Waals surface area contributed by atoms with Crippen LogP contribution in [0.15, 0.2) is 295 Å². The van der Waals surface area contributed by atoms with Gasteiger partial charge in [-0.3, -0.25) is 35.2 Å². The van der Waals surface area contributed by atoms with Gasteiger partial charge in [0.2, 0.25) is 0 Å². The van der Waals surface area contributed by atoms with Crippen LogP contribution in [0.3, 0.4) is 0 Å². The third-order valence-corrected chi connectivity index (χ3v) is 14.3. The number of benzene rings is 8. The molecule has 0 saturated heterocycles. The molecule has 0 amide bonds. The first-order valence-electron chi connectivity index (χ1n) is 26.6. The summed E-state index contributed by atoms with van der Waals surface area (Å²) < 4.78 is 58.1. The number of pyridine rings is 3. The molecule has 16 nitrogen and oxygen atoms in total. The number of para-hydroxylation sites is 2. The third kappa shape index (κ3) is 25.6. The van der Waals surface area contributed by atoms with Gasteiger partial charge in [0.25, 0.3) is 11.4 Å². The largest absolute Gasteiger partial charge is 0.265 e. The van der Waals surface area contributed by atoms with E-state index in [-0.39, 0.29) is 50.2 Å². The van der Waals surface area contributed by atoms with Gasteiger partial charge in [-0.1, -0.05) is 152 Å². The average molecular weight is 1490 g/mol. The van der Waals surface area contributed by atoms with Crippen LogP contribution in [0, 0.1) is 39.3 Å². The molecule has 0 aliphatic carbocycles. The summed E-state index contributed by atoms with van der Waals surface area (Å²) >= 11 is 6.25. The fraction of sp³-hybridized carbons (Fsp3) is 0.0588. The first-order chi connectivity index (χ1) is 42.7. The van der Waals surface area contributed by atoms with Crippen LogP contribution in [-0.2, 0) is 72.6 Å². The molecule has 0 unspecified atom stereocenters. The van der Waals surface area contributed by atoms with Crippen LogP contribution < -0.4 is 0 Å². The van der Waals surface area contributed by atoms with E-state index in [0.29, 0.717) is 22.5 Å². The van der Waals surface area contributed by atoms with Crippen molar-refractivity contribution in [3.63, 3.8) is 0 Å². The molecule has 471 valence electrons. The van der Waals surface area contributed by atoms with Gasteiger partial charge in [-0.25, -0.2) is 16.8 Å². The predicted molar refractivity (Wildman–Crippen MR) is 349 cm³/mol. The zero-order valence-electron chi connectivity index (χ0n) is 48.2. The van der Waals surface area contributed by atoms with E-state index in [1.807, 2.05) is 93.0 Å². The summed E-state index contributed by atoms with van der Waals surface area (Å²) in [6.07, 6.45) is 7.68. The number of hydrogen-bond acceptors (Lipinski definition) is 12. The molecule has 0 bridgehead atoms. The number of halogens is 1. The van der Waals surface area contributed by atoms with Crippen molar-refractivity contribution in [1.29, 1.82) is 0 Å². The maximum atomic E-state index is 12.6. The minimum atomic E-state index is -4.26. The fourth-order valence-corrected chi connectivity index (χ4v) is 9.99. The van der Waals surface area contributed by atoms with Crippen LogP contribution in [0.2, 0.25) is 0 Å². The maximum absolute atomic E-state index is 12.6. The van der Waals surface area contributed by atoms with E-state index in [0.717, 1.165) is 25.1 Å². The number of nitrogens with zero attached hydrogens (tertiary/aromatic N) is 8. The Balaban J connectivity index is 0.000000300. The van der Waals surface area contributed by atoms with Crippen LogP contribution >= 0.6 is 14.2 Å². The molecular weight excluding hydrogens is 1430 g/mol. The van der Waals surface area contributed by atoms with Crippen LogP contribution in [0.4, 0.5) is 22.7 Å². The Hall–Kier alpha value is -8.32. The summed E-state index contributed by atoms with van der Waals surface area (Å²) in [7, 11) is -4.43. The van der Waals surface area contributed by atoms with Crippen molar-refractivity contribution >= 4 is 57.0 Å². The number of rotatable bonds is 14. The average Bonchev–Trinajstić information content (AvgIpc) is 0.932. The van der Waals surface area contributed by atoms with Crippen molar-refractivity contribution in [2.24, 2.45) is 0 Å². The van der Waals surface area contributed by atoms with Crippen LogP contribution in [0.25, 0.3) is 54.2 Å². The SMILES string of the molecule is O=[N+]([O-])c1ccccc1S(=O)(=O)[N-]c1ccccc1-c1ccccn1.O=[N+]([O-])c1ccccc1S(=O)(=O)[N-]c1ccccc1-c1ccccn1.[Ag+].[CH2-]CCN(C)C.[Ni+2].[Ni][Br].[c-]1ccc(-c2ccccc2)cc1.[c-]1ccc(-c2ccccc2)cc1.c1ccncc1. The first kappa shape index (κ1) is 75.9. The summed E-state index contributed by atoms with van der Waals surface area (Å²) in [5, 5.41) is 22.2. The minimum absolute atomic E-state index is 0. The molecule has 0 spiro atoms. The zero-order chi connectivity index (χ0) is 63.4. The molecule has 90 heavy (non-hydrogen) atoms. The molecule has 0 atom stereocenters. The molecule has 0 fully saturated rings. The maximum Gasteiger partial charge on any atom is 0.0267 e. The summed E-state index contributed by atoms with van der Waals surface area (Å²) in [6.45, 7) is 4.78. The summed E-state index contributed by atoms with van der Waals surface area (Å²) in [4.78, 5) is 34.1. The van der Waals surface area contributed by atoms with Gasteiger partial charge >= 0.3 is 66.8 Å². The Kier molecular flexibility index (Phi) is 35.3. The monoisotopic (exact) mass is 1480 g/mol. The first-order valence-corrected chi connectivity index (χ1v) is 31.9. The van der Waals surface area contributed by atoms with Gasteiger partial charge in [-0.05, 0) is 91.4 Å². The Morgan fingerprint density at radius 2 is 0.778 bits per heavy atom. The molecule has 22 heteroatoms. The summed E-state index contributed by atoms with van der Waals surface area (Å²) in [6, 6.07) is 82.3. The Morgan fingerprint density at radius 3 is 1.08 bits per heavy atom. The quantitative estimate of drug-likeness (QED) is 0.0429. The predicted octanol–water partition coefficient (Wildman–Crippen LogP) is 17.1. The second-order valence-corrected chi connectivity index (χ2v) is 21.2. The summed E-state index contributed by atoms with van der Waals surface area (Å²) in [5.41, 5.74) is 6.46. The van der Waals surface area contributed by atoms with Crippen molar-refractivity contribution < 1.29 is 79.2 Å². The second-order valence-electron chi connectivity index (χ2n) is 18.0. The van der Waals surface area contributed by atoms with E-state index < -0.39 is 51.1 Å². The molecule has 0 radical (unpaired) electrons. The van der Waals surface area contributed by atoms with Gasteiger partial charge in [-0.2, -0.15) is 67.1 Å². The van der Waals surface area contributed by atoms with Crippen molar-refractivity contribution in [3.8, 4) is 44.8 Å². The van der Waals surface area contributed by atoms with Gasteiger partial charge in [0, 0.05) is 36.9 Å². The molecule has 11 aromatic rings. The molecular formula is C68H59AgBrN8Ni2O8S2-2. The van der Waals surface area contributed by atoms with Gasteiger partial charge in [-0.15, -0.1) is 22.5 Å². The van der Waals surface area contributed by atoms with Gasteiger partial charge < -0.3 is 21.3 Å². The number of aromatic nitrogens is 3. The second kappa shape index (κ2) is 41.8. The fourth-order valence-electron chi connectivity index (χ4n) is 7.64. The molecule has 11 rings (SSSR count). The van der Waals surface area contributed by atoms with Crippen LogP contribution in [-0.4, -0.2) is 67.2 Å². The van der Waals surface area contributed by atoms with Crippen molar-refractivity contribution in [1.82, 2.24) is 19.9 Å². The molecule has 3 aromatic heterocycles. The number of nitro benzene ring substituents is 2. The molecule has 8 aromatic carbocycles. The molecule has 0 N–H and O–H groups in total. The van der Waals surface area contributed by atoms with Gasteiger partial charge in [0.05, 0.1) is 21.2 Å². The molecule has 0 aliphatic rings. The van der Waals surface area contributed by atoms with E-state index in [9.17, 15) is 37.1 Å². The van der Waals surface area contributed by atoms with Crippen LogP contribution in [0.5, 0.6) is 0 Å². The number of nitro groups is 2. The standard InChI is InChI=1S/2C17H12N3O4S.2C12H9.C5H5N.C5H12N.Ag.BrH.2Ni/c2*21-20(22)16-10-3-4-11-17(16)25(23,24)19-15-9-2-1-7-13(15)14-8-5-6-12-18-14;2*1-3-7-11(8-4-1)12-9-5-2-6-10-12;1-2-4-6-5-3-1;1-4-5-6(2)3;;;;/h2*1-12H;2*1,3-10H;1-5H;1,4-5H2,2-3H3;;1H;;/q4*-1;;-1;+1;;+1;+2/p-1. The van der Waals surface area contributed by atoms with Gasteiger partial charge in [0.1, 0.15) is 29.8 Å². The summed E-state index contributed by atoms with van der Waals surface area (Å²) in [5.74, 6) is 0. The molecule has 0 aliphatic heterocycles. The zero-order valence-corrected chi connectivity index (χ0v) is 54.9. The van der Waals surface area contributed by atoms with E-state index in [1.165, 1.54) is 70.8 Å². The topological polar surface area (TPSA) is 225 Å². The van der Waals surface area contributed by atoms with E-state index in [2.05, 4.69) is 125 Å². The van der Waals surface area contributed by atoms with Gasteiger partial charge in [0.15, 0.2) is 0 Å². The van der Waals surface area contributed by atoms with Crippen molar-refractivity contribution in [2.75, 3.05) is 20.6 Å². The Bertz CT molecular complexity index is 3700. The Labute approximate surface area is 567 Å². The minimum Gasteiger partial charge on any atom is -0.265 e. The van der Waals surface area contributed by atoms with E-state index >= 15 is 0 Å². The molecule has 0 saturated carbocycles. The van der Waals surface area contributed by atoms with Crippen LogP contribution in [0.1, 0.15) is 6.42 Å². The van der Waals surface area contributed by atoms with Crippen molar-refractivity contribution in [2.45, 2.75) is 16.2 Å². The molecule has 3 heterocycles. The normalized spacial score (nSPS) is 9.99. The number of sulfonamides is 2. The Morgan fingerprint density at radius 1 is 0.467 bits per heavy atom. The van der Waals surface area contributed by atoms with E-state index in [1.54, 1.807) is 97.6 Å². The number of hydrogen-bond donors (Lipinski definition) is 0. The van der Waals surface area contributed by atoms with E-state index in [4.69, 9.17) is 0 Å². The van der Waals surface area contributed by atoms with Crippen molar-refractivity contribution in [3.05, 3.63) is 334 Å². The third-order valence-electron chi connectivity index (χ3n) is 11.6. The smallest absolute Gasteiger partial charge is 0.0267 e.